The van der Waals surface area contributed by atoms with Gasteiger partial charge in [-0.25, -0.2) is 9.78 Å². The van der Waals surface area contributed by atoms with Crippen LogP contribution in [-0.2, 0) is 29.6 Å². The van der Waals surface area contributed by atoms with Gasteiger partial charge in [0.05, 0.1) is 0 Å². The molecule has 3 aliphatic heterocycles. The quantitative estimate of drug-likeness (QED) is 0.0424. The van der Waals surface area contributed by atoms with E-state index in [1.54, 1.807) is 16.4 Å². The second kappa shape index (κ2) is 16.0. The van der Waals surface area contributed by atoms with Gasteiger partial charge in [0, 0.05) is 45.6 Å². The third-order valence-electron chi connectivity index (χ3n) is 10.8. The molecular weight excluding hydrogens is 797 g/mol. The van der Waals surface area contributed by atoms with Crippen LogP contribution < -0.4 is 16.0 Å². The van der Waals surface area contributed by atoms with E-state index in [2.05, 4.69) is 15.5 Å². The minimum atomic E-state index is -1.32. The number of thiazole rings is 1. The van der Waals surface area contributed by atoms with Crippen molar-refractivity contribution in [3.63, 3.8) is 0 Å². The number of carboxylic acid groups (broad SMARTS) is 1. The number of carbonyl (C=O) groups is 4. The number of amides is 3. The van der Waals surface area contributed by atoms with E-state index in [0.29, 0.717) is 24.1 Å². The molecule has 0 aliphatic carbocycles. The summed E-state index contributed by atoms with van der Waals surface area (Å²) in [6, 6.07) is 41.2. The van der Waals surface area contributed by atoms with Crippen molar-refractivity contribution in [2.75, 3.05) is 22.9 Å². The molecule has 60 heavy (non-hydrogen) atoms. The first-order valence-electron chi connectivity index (χ1n) is 19.1. The van der Waals surface area contributed by atoms with Crippen LogP contribution in [-0.4, -0.2) is 68.1 Å². The molecule has 5 aromatic carbocycles. The summed E-state index contributed by atoms with van der Waals surface area (Å²) in [7, 11) is 0. The number of nitrogens with one attached hydrogen (secondary N) is 1. The van der Waals surface area contributed by atoms with E-state index in [1.807, 2.05) is 133 Å². The first kappa shape index (κ1) is 38.5. The summed E-state index contributed by atoms with van der Waals surface area (Å²) in [6.07, 6.45) is 2.01. The normalized spacial score (nSPS) is 18.7. The smallest absolute Gasteiger partial charge is 0.352 e. The molecule has 1 aromatic heterocycles. The van der Waals surface area contributed by atoms with E-state index < -0.39 is 34.8 Å². The number of carbonyl (C=O) groups excluding carboxylic acids is 3. The van der Waals surface area contributed by atoms with Gasteiger partial charge in [0.1, 0.15) is 22.8 Å². The highest BCUT2D eigenvalue weighted by molar-refractivity contribution is 8.00. The zero-order valence-electron chi connectivity index (χ0n) is 31.8. The van der Waals surface area contributed by atoms with Crippen LogP contribution >= 0.6 is 23.1 Å². The number of nitrogens with two attached hydrogens (primary N) is 1. The number of nitrogen functional groups attached to an aromatic ring is 1. The number of aliphatic carboxylic acids is 1. The summed E-state index contributed by atoms with van der Waals surface area (Å²) in [5.41, 5.74) is 8.18. The molecule has 0 spiro atoms. The van der Waals surface area contributed by atoms with Gasteiger partial charge in [-0.1, -0.05) is 126 Å². The third kappa shape index (κ3) is 6.88. The summed E-state index contributed by atoms with van der Waals surface area (Å²) in [4.78, 5) is 68.4. The van der Waals surface area contributed by atoms with Crippen LogP contribution in [0.25, 0.3) is 10.8 Å². The van der Waals surface area contributed by atoms with E-state index in [0.717, 1.165) is 44.5 Å². The van der Waals surface area contributed by atoms with Crippen molar-refractivity contribution in [3.8, 4) is 0 Å². The zero-order valence-corrected chi connectivity index (χ0v) is 33.4. The predicted octanol–water partition coefficient (Wildman–Crippen LogP) is 6.69. The Hall–Kier alpha value is -7.03. The van der Waals surface area contributed by atoms with E-state index in [9.17, 15) is 24.3 Å². The first-order valence-corrected chi connectivity index (χ1v) is 21.0. The van der Waals surface area contributed by atoms with Crippen LogP contribution in [0.1, 0.15) is 28.8 Å². The molecule has 3 aliphatic rings. The van der Waals surface area contributed by atoms with Gasteiger partial charge in [0.2, 0.25) is 5.60 Å². The molecule has 0 saturated carbocycles. The first-order chi connectivity index (χ1) is 29.2. The standard InChI is InChI=1S/C46H36N6O6S2/c47-45-48-36(27-60-45)37(50-58-46(32-14-4-1-5-15-32,33-16-6-2-7-17-33)34-18-8-3-9-19-34)40(53)49-38-42(55)52-39(44(56)57)31(26-59-43(38)52)24-30-22-23-51(41(30)54)35-21-20-28-12-10-11-13-29(28)25-35/h1-21,24-25,27,38,43H,22-23,26H2,(H2,47,48)(H,49,53)(H,56,57)/b30-24+,50-37-/t38-,43-/m1/s1. The molecule has 0 radical (unpaired) electrons. The molecule has 3 amide bonds. The van der Waals surface area contributed by atoms with E-state index in [1.165, 1.54) is 16.7 Å². The molecule has 12 nitrogen and oxygen atoms in total. The van der Waals surface area contributed by atoms with Crippen LogP contribution in [0.15, 0.2) is 167 Å². The molecular formula is C46H36N6O6S2. The van der Waals surface area contributed by atoms with Gasteiger partial charge in [-0.15, -0.1) is 23.1 Å². The Labute approximate surface area is 352 Å². The van der Waals surface area contributed by atoms with Crippen molar-refractivity contribution in [2.24, 2.45) is 5.16 Å². The number of β-lactam (4-membered cyclic amide) rings is 1. The Morgan fingerprint density at radius 1 is 0.867 bits per heavy atom. The highest BCUT2D eigenvalue weighted by Crippen LogP contribution is 2.43. The minimum absolute atomic E-state index is 0.136. The fourth-order valence-electron chi connectivity index (χ4n) is 7.90. The van der Waals surface area contributed by atoms with Crippen molar-refractivity contribution in [3.05, 3.63) is 184 Å². The molecule has 0 unspecified atom stereocenters. The maximum absolute atomic E-state index is 14.3. The summed E-state index contributed by atoms with van der Waals surface area (Å²) in [5.74, 6) is -2.72. The number of hydrogen-bond acceptors (Lipinski definition) is 10. The molecule has 4 N–H and O–H groups in total. The number of benzene rings is 5. The minimum Gasteiger partial charge on any atom is -0.477 e. The van der Waals surface area contributed by atoms with Crippen LogP contribution in [0.2, 0.25) is 0 Å². The van der Waals surface area contributed by atoms with Gasteiger partial charge in [0.15, 0.2) is 10.8 Å². The van der Waals surface area contributed by atoms with Crippen molar-refractivity contribution in [1.29, 1.82) is 0 Å². The summed E-state index contributed by atoms with van der Waals surface area (Å²) < 4.78 is 0. The molecule has 9 rings (SSSR count). The van der Waals surface area contributed by atoms with Gasteiger partial charge in [-0.05, 0) is 41.0 Å². The molecule has 14 heteroatoms. The fourth-order valence-corrected chi connectivity index (χ4v) is 9.76. The van der Waals surface area contributed by atoms with Gasteiger partial charge in [-0.2, -0.15) is 0 Å². The average molecular weight is 833 g/mol. The van der Waals surface area contributed by atoms with Gasteiger partial charge in [-0.3, -0.25) is 19.3 Å². The fraction of sp³-hybridized carbons (Fsp3) is 0.130. The zero-order chi connectivity index (χ0) is 41.4. The number of aromatic nitrogens is 1. The number of allylic oxidation sites excluding steroid dienone is 1. The molecule has 2 saturated heterocycles. The number of carboxylic acids is 1. The topological polar surface area (TPSA) is 168 Å². The molecule has 2 fully saturated rings. The Balaban J connectivity index is 1.000. The van der Waals surface area contributed by atoms with Crippen molar-refractivity contribution >= 4 is 74.1 Å². The number of oxime groups is 1. The number of nitrogens with zero attached hydrogens (tertiary/aromatic N) is 4. The van der Waals surface area contributed by atoms with Crippen LogP contribution in [0, 0.1) is 0 Å². The maximum Gasteiger partial charge on any atom is 0.352 e. The number of fused-ring (bicyclic) bond motifs is 2. The maximum atomic E-state index is 14.3. The highest BCUT2D eigenvalue weighted by atomic mass is 32.2. The lowest BCUT2D eigenvalue weighted by atomic mass is 9.80. The third-order valence-corrected chi connectivity index (χ3v) is 12.8. The highest BCUT2D eigenvalue weighted by Gasteiger charge is 2.54. The summed E-state index contributed by atoms with van der Waals surface area (Å²) in [5, 5.41) is 20.8. The largest absolute Gasteiger partial charge is 0.477 e. The van der Waals surface area contributed by atoms with Crippen molar-refractivity contribution in [2.45, 2.75) is 23.4 Å². The van der Waals surface area contributed by atoms with Gasteiger partial charge in [0.25, 0.3) is 17.7 Å². The second-order valence-electron chi connectivity index (χ2n) is 14.3. The monoisotopic (exact) mass is 832 g/mol. The summed E-state index contributed by atoms with van der Waals surface area (Å²) >= 11 is 2.41. The molecule has 6 aromatic rings. The van der Waals surface area contributed by atoms with E-state index in [-0.39, 0.29) is 33.9 Å². The molecule has 0 bridgehead atoms. The lowest BCUT2D eigenvalue weighted by Gasteiger charge is -2.49. The van der Waals surface area contributed by atoms with Crippen LogP contribution in [0.5, 0.6) is 0 Å². The summed E-state index contributed by atoms with van der Waals surface area (Å²) in [6.45, 7) is 0.437. The van der Waals surface area contributed by atoms with Gasteiger partial charge >= 0.3 is 5.97 Å². The van der Waals surface area contributed by atoms with Crippen LogP contribution in [0.4, 0.5) is 10.8 Å². The van der Waals surface area contributed by atoms with Crippen LogP contribution in [0.3, 0.4) is 0 Å². The number of hydrogen-bond donors (Lipinski definition) is 3. The Kier molecular flexibility index (Phi) is 10.2. The van der Waals surface area contributed by atoms with Gasteiger partial charge < -0.3 is 25.9 Å². The predicted molar refractivity (Wildman–Crippen MR) is 232 cm³/mol. The lowest BCUT2D eigenvalue weighted by Crippen LogP contribution is -2.71. The Morgan fingerprint density at radius 2 is 1.48 bits per heavy atom. The second-order valence-corrected chi connectivity index (χ2v) is 16.3. The average Bonchev–Trinajstić information content (AvgIpc) is 3.88. The van der Waals surface area contributed by atoms with E-state index >= 15 is 0 Å². The number of rotatable bonds is 11. The molecule has 298 valence electrons. The molecule has 4 heterocycles. The molecule has 2 atom stereocenters. The number of anilines is 2. The number of thioether (sulfide) groups is 1. The van der Waals surface area contributed by atoms with E-state index in [4.69, 9.17) is 10.6 Å². The van der Waals surface area contributed by atoms with Crippen molar-refractivity contribution in [1.82, 2.24) is 15.2 Å². The Morgan fingerprint density at radius 3 is 2.08 bits per heavy atom. The van der Waals surface area contributed by atoms with Crippen molar-refractivity contribution < 1.29 is 29.1 Å². The SMILES string of the molecule is Nc1nc(/C(=N/OC(c2ccccc2)(c2ccccc2)c2ccccc2)C(=O)N[C@@H]2C(=O)N3C(C(=O)O)=C(/C=C4\CCN(c5ccc6ccccc6c5)C4=O)CS[C@H]23)cs1. The lowest BCUT2D eigenvalue weighted by molar-refractivity contribution is -0.150. The Bertz CT molecular complexity index is 2660.